The van der Waals surface area contributed by atoms with Gasteiger partial charge in [-0.2, -0.15) is 0 Å². The van der Waals surface area contributed by atoms with Crippen molar-refractivity contribution in [3.05, 3.63) is 75.6 Å². The predicted molar refractivity (Wildman–Crippen MR) is 117 cm³/mol. The van der Waals surface area contributed by atoms with E-state index >= 15 is 0 Å². The Bertz CT molecular complexity index is 1050. The first-order valence-corrected chi connectivity index (χ1v) is 11.0. The van der Waals surface area contributed by atoms with Crippen molar-refractivity contribution in [3.63, 3.8) is 0 Å². The van der Waals surface area contributed by atoms with Gasteiger partial charge < -0.3 is 4.90 Å². The molecule has 0 spiro atoms. The fraction of sp³-hybridized carbons (Fsp3) is 0.333. The molecule has 168 valence electrons. The van der Waals surface area contributed by atoms with Crippen LogP contribution in [0, 0.1) is 21.8 Å². The molecule has 4 unspecified atom stereocenters. The Labute approximate surface area is 188 Å². The summed E-state index contributed by atoms with van der Waals surface area (Å²) in [4.78, 5) is 38.6. The molecule has 0 radical (unpaired) electrons. The number of imide groups is 1. The summed E-state index contributed by atoms with van der Waals surface area (Å²) in [6.07, 6.45) is -1.06. The molecular weight excluding hydrogens is 437 g/mol. The first kappa shape index (κ1) is 22.2. The lowest BCUT2D eigenvalue weighted by Crippen LogP contribution is -2.72. The number of nitro benzene ring substituents is 1. The first-order valence-electron chi connectivity index (χ1n) is 9.93. The summed E-state index contributed by atoms with van der Waals surface area (Å²) in [6, 6.07) is 12.1. The summed E-state index contributed by atoms with van der Waals surface area (Å²) in [5.41, 5.74) is 1.20. The minimum Gasteiger partial charge on any atom is -0.311 e. The number of carbonyl (C=O) groups is 2. The van der Waals surface area contributed by atoms with Gasteiger partial charge in [-0.05, 0) is 29.3 Å². The highest BCUT2D eigenvalue weighted by Crippen LogP contribution is 2.36. The maximum atomic E-state index is 14.1. The van der Waals surface area contributed by atoms with Gasteiger partial charge in [-0.15, -0.1) is 11.8 Å². The second kappa shape index (κ2) is 8.85. The molecule has 0 bridgehead atoms. The van der Waals surface area contributed by atoms with Gasteiger partial charge in [0.1, 0.15) is 5.82 Å². The molecule has 2 aliphatic heterocycles. The molecule has 2 aliphatic rings. The second-order valence-electron chi connectivity index (χ2n) is 7.70. The summed E-state index contributed by atoms with van der Waals surface area (Å²) >= 11 is 1.38. The van der Waals surface area contributed by atoms with Crippen molar-refractivity contribution in [2.75, 3.05) is 14.1 Å². The number of carbonyl (C=O) groups excluding carboxylic acids is 2. The third kappa shape index (κ3) is 4.06. The van der Waals surface area contributed by atoms with Gasteiger partial charge in [-0.3, -0.25) is 30.4 Å². The molecule has 2 aromatic rings. The molecule has 2 saturated heterocycles. The van der Waals surface area contributed by atoms with E-state index < -0.39 is 34.6 Å². The maximum absolute atomic E-state index is 14.1. The van der Waals surface area contributed by atoms with Crippen molar-refractivity contribution in [2.45, 2.75) is 23.5 Å². The molecule has 4 rings (SSSR count). The van der Waals surface area contributed by atoms with Crippen molar-refractivity contribution in [1.29, 1.82) is 0 Å². The van der Waals surface area contributed by atoms with Crippen LogP contribution in [0.3, 0.4) is 0 Å². The van der Waals surface area contributed by atoms with Gasteiger partial charge in [0.15, 0.2) is 0 Å². The Hall–Kier alpha value is -3.02. The number of nitrogens with zero attached hydrogens (tertiary/aromatic N) is 3. The predicted octanol–water partition coefficient (Wildman–Crippen LogP) is 2.65. The smallest absolute Gasteiger partial charge is 0.311 e. The summed E-state index contributed by atoms with van der Waals surface area (Å²) in [5.74, 6) is -0.924. The Morgan fingerprint density at radius 1 is 1.09 bits per heavy atom. The topological polar surface area (TPSA) is 108 Å². The van der Waals surface area contributed by atoms with Crippen molar-refractivity contribution in [1.82, 2.24) is 20.4 Å². The Balaban J connectivity index is 1.63. The van der Waals surface area contributed by atoms with E-state index in [-0.39, 0.29) is 17.4 Å². The molecule has 0 saturated carbocycles. The van der Waals surface area contributed by atoms with Gasteiger partial charge in [0.05, 0.1) is 28.5 Å². The van der Waals surface area contributed by atoms with E-state index in [1.807, 2.05) is 0 Å². The van der Waals surface area contributed by atoms with Crippen LogP contribution in [0.2, 0.25) is 0 Å². The van der Waals surface area contributed by atoms with Crippen LogP contribution in [-0.2, 0) is 10.5 Å². The average molecular weight is 460 g/mol. The number of nitrogens with one attached hydrogen (secondary N) is 2. The summed E-state index contributed by atoms with van der Waals surface area (Å²) in [5, 5.41) is 17.2. The Kier molecular flexibility index (Phi) is 6.13. The third-order valence-corrected chi connectivity index (χ3v) is 7.04. The van der Waals surface area contributed by atoms with Crippen molar-refractivity contribution < 1.29 is 18.9 Å². The quantitative estimate of drug-likeness (QED) is 0.523. The molecule has 3 amide bonds. The van der Waals surface area contributed by atoms with E-state index in [1.54, 1.807) is 37.4 Å². The summed E-state index contributed by atoms with van der Waals surface area (Å²) in [6.45, 7) is 0. The van der Waals surface area contributed by atoms with Crippen LogP contribution in [0.1, 0.15) is 17.3 Å². The number of amides is 3. The fourth-order valence-electron chi connectivity index (χ4n) is 3.97. The molecule has 4 atom stereocenters. The average Bonchev–Trinajstić information content (AvgIpc) is 2.80. The van der Waals surface area contributed by atoms with E-state index in [0.717, 1.165) is 10.5 Å². The molecule has 32 heavy (non-hydrogen) atoms. The van der Waals surface area contributed by atoms with Crippen LogP contribution in [-0.4, -0.2) is 52.3 Å². The monoisotopic (exact) mass is 459 g/mol. The minimum absolute atomic E-state index is 0.0327. The highest BCUT2D eigenvalue weighted by atomic mass is 32.2. The fourth-order valence-corrected chi connectivity index (χ4v) is 5.27. The number of nitro groups is 1. The molecule has 2 N–H and O–H groups in total. The largest absolute Gasteiger partial charge is 0.327 e. The van der Waals surface area contributed by atoms with E-state index in [0.29, 0.717) is 11.3 Å². The van der Waals surface area contributed by atoms with Gasteiger partial charge in [0, 0.05) is 32.0 Å². The lowest BCUT2D eigenvalue weighted by molar-refractivity contribution is -0.384. The molecule has 2 fully saturated rings. The lowest BCUT2D eigenvalue weighted by atomic mass is 9.96. The van der Waals surface area contributed by atoms with Crippen LogP contribution < -0.4 is 10.6 Å². The zero-order valence-corrected chi connectivity index (χ0v) is 18.2. The standard InChI is InChI=1S/C21H22FN5O4S/c1-25-18-16(20(28)26(2)21(25)29)19(32-11-13-5-3-4-6-15(13)22)24-17(23-18)12-7-9-14(10-8-12)27(30)31/h3-10,16-19,23-24H,11H2,1-2H3. The van der Waals surface area contributed by atoms with Gasteiger partial charge in [-0.1, -0.05) is 18.2 Å². The summed E-state index contributed by atoms with van der Waals surface area (Å²) < 4.78 is 14.1. The van der Waals surface area contributed by atoms with Crippen molar-refractivity contribution >= 4 is 29.4 Å². The maximum Gasteiger partial charge on any atom is 0.327 e. The number of hydrogen-bond acceptors (Lipinski definition) is 7. The number of thioether (sulfide) groups is 1. The zero-order valence-electron chi connectivity index (χ0n) is 17.4. The molecule has 0 aliphatic carbocycles. The Morgan fingerprint density at radius 3 is 2.44 bits per heavy atom. The van der Waals surface area contributed by atoms with Crippen LogP contribution in [0.25, 0.3) is 0 Å². The number of hydrogen-bond donors (Lipinski definition) is 2. The zero-order chi connectivity index (χ0) is 23.0. The van der Waals surface area contributed by atoms with Crippen LogP contribution in [0.15, 0.2) is 48.5 Å². The highest BCUT2D eigenvalue weighted by molar-refractivity contribution is 7.99. The third-order valence-electron chi connectivity index (χ3n) is 5.77. The number of non-ortho nitro benzene ring substituents is 1. The SMILES string of the molecule is CN1C(=O)C2C(SCc3ccccc3F)NC(c3ccc([N+](=O)[O-])cc3)NC2N(C)C1=O. The number of fused-ring (bicyclic) bond motifs is 1. The normalized spacial score (nSPS) is 25.6. The van der Waals surface area contributed by atoms with Gasteiger partial charge in [-0.25, -0.2) is 9.18 Å². The molecule has 2 heterocycles. The van der Waals surface area contributed by atoms with E-state index in [2.05, 4.69) is 10.6 Å². The van der Waals surface area contributed by atoms with Gasteiger partial charge in [0.25, 0.3) is 5.69 Å². The van der Waals surface area contributed by atoms with Gasteiger partial charge in [0.2, 0.25) is 5.91 Å². The van der Waals surface area contributed by atoms with Crippen LogP contribution in [0.4, 0.5) is 14.9 Å². The highest BCUT2D eigenvalue weighted by Gasteiger charge is 2.51. The molecule has 2 aromatic carbocycles. The van der Waals surface area contributed by atoms with E-state index in [1.165, 1.54) is 41.9 Å². The number of urea groups is 1. The number of halogens is 1. The molecule has 0 aromatic heterocycles. The Morgan fingerprint density at radius 2 is 1.78 bits per heavy atom. The number of rotatable bonds is 5. The van der Waals surface area contributed by atoms with E-state index in [9.17, 15) is 24.1 Å². The second-order valence-corrected chi connectivity index (χ2v) is 8.83. The van der Waals surface area contributed by atoms with Crippen molar-refractivity contribution in [2.24, 2.45) is 5.92 Å². The molecule has 9 nitrogen and oxygen atoms in total. The van der Waals surface area contributed by atoms with Crippen molar-refractivity contribution in [3.8, 4) is 0 Å². The van der Waals surface area contributed by atoms with Gasteiger partial charge >= 0.3 is 6.03 Å². The molecule has 11 heteroatoms. The van der Waals surface area contributed by atoms with Crippen LogP contribution >= 0.6 is 11.8 Å². The minimum atomic E-state index is -0.603. The van der Waals surface area contributed by atoms with E-state index in [4.69, 9.17) is 0 Å². The molecular formula is C21H22FN5O4S. The summed E-state index contributed by atoms with van der Waals surface area (Å²) in [7, 11) is 3.06. The first-order chi connectivity index (χ1) is 15.3. The lowest BCUT2D eigenvalue weighted by Gasteiger charge is -2.50. The number of benzene rings is 2. The van der Waals surface area contributed by atoms with Crippen LogP contribution in [0.5, 0.6) is 0 Å².